The van der Waals surface area contributed by atoms with E-state index in [0.29, 0.717) is 10.8 Å². The van der Waals surface area contributed by atoms with Crippen molar-refractivity contribution in [3.63, 3.8) is 0 Å². The van der Waals surface area contributed by atoms with Crippen molar-refractivity contribution in [2.45, 2.75) is 4.90 Å². The van der Waals surface area contributed by atoms with E-state index in [4.69, 9.17) is 16.3 Å². The maximum Gasteiger partial charge on any atom is 0.339 e. The van der Waals surface area contributed by atoms with E-state index < -0.39 is 20.7 Å². The number of rotatable bonds is 6. The Morgan fingerprint density at radius 1 is 1.19 bits per heavy atom. The fraction of sp³-hybridized carbons (Fsp3) is 0.111. The quantitative estimate of drug-likeness (QED) is 0.578. The van der Waals surface area contributed by atoms with Gasteiger partial charge in [0.15, 0.2) is 4.91 Å². The number of nitriles is 1. The van der Waals surface area contributed by atoms with Gasteiger partial charge in [-0.05, 0) is 42.5 Å². The molecule has 0 fully saturated rings. The van der Waals surface area contributed by atoms with Gasteiger partial charge in [0.05, 0.1) is 30.4 Å². The van der Waals surface area contributed by atoms with Gasteiger partial charge < -0.3 is 14.8 Å². The van der Waals surface area contributed by atoms with E-state index in [1.807, 2.05) is 0 Å². The Labute approximate surface area is 161 Å². The Hall–Kier alpha value is -3.02. The van der Waals surface area contributed by atoms with Crippen LogP contribution in [0.4, 0.5) is 5.69 Å². The van der Waals surface area contributed by atoms with Crippen molar-refractivity contribution in [3.8, 4) is 11.8 Å². The van der Waals surface area contributed by atoms with Crippen LogP contribution in [0.3, 0.4) is 0 Å². The number of anilines is 1. The summed E-state index contributed by atoms with van der Waals surface area (Å²) < 4.78 is 34.9. The van der Waals surface area contributed by atoms with E-state index in [-0.39, 0.29) is 16.1 Å². The third-order valence-electron chi connectivity index (χ3n) is 3.52. The van der Waals surface area contributed by atoms with Gasteiger partial charge in [-0.2, -0.15) is 5.26 Å². The Balaban J connectivity index is 2.40. The van der Waals surface area contributed by atoms with Gasteiger partial charge in [-0.25, -0.2) is 13.2 Å². The summed E-state index contributed by atoms with van der Waals surface area (Å²) in [5.74, 6) is -0.157. The molecular formula is C18H15ClN2O5S. The zero-order chi connectivity index (χ0) is 20.0. The van der Waals surface area contributed by atoms with Gasteiger partial charge in [0.2, 0.25) is 9.84 Å². The number of sulfone groups is 1. The monoisotopic (exact) mass is 406 g/mol. The molecular weight excluding hydrogens is 392 g/mol. The van der Waals surface area contributed by atoms with Gasteiger partial charge in [-0.3, -0.25) is 0 Å². The van der Waals surface area contributed by atoms with Crippen molar-refractivity contribution < 1.29 is 22.7 Å². The van der Waals surface area contributed by atoms with Crippen molar-refractivity contribution in [2.24, 2.45) is 0 Å². The van der Waals surface area contributed by atoms with Crippen LogP contribution < -0.4 is 10.1 Å². The zero-order valence-electron chi connectivity index (χ0n) is 14.4. The maximum atomic E-state index is 12.6. The van der Waals surface area contributed by atoms with E-state index in [1.54, 1.807) is 6.07 Å². The van der Waals surface area contributed by atoms with Crippen LogP contribution in [0.1, 0.15) is 10.4 Å². The lowest BCUT2D eigenvalue weighted by molar-refractivity contribution is 0.0602. The largest absolute Gasteiger partial charge is 0.497 e. The molecule has 9 heteroatoms. The fourth-order valence-electron chi connectivity index (χ4n) is 2.12. The molecule has 0 aliphatic heterocycles. The second-order valence-electron chi connectivity index (χ2n) is 5.13. The van der Waals surface area contributed by atoms with Crippen molar-refractivity contribution in [3.05, 3.63) is 64.2 Å². The lowest BCUT2D eigenvalue weighted by Crippen LogP contribution is -2.08. The van der Waals surface area contributed by atoms with Gasteiger partial charge in [0.1, 0.15) is 11.8 Å². The fourth-order valence-corrected chi connectivity index (χ4v) is 3.37. The van der Waals surface area contributed by atoms with Crippen LogP contribution in [0.25, 0.3) is 0 Å². The van der Waals surface area contributed by atoms with Crippen LogP contribution in [0.15, 0.2) is 58.5 Å². The average molecular weight is 407 g/mol. The van der Waals surface area contributed by atoms with Gasteiger partial charge in [-0.1, -0.05) is 11.6 Å². The number of esters is 1. The highest BCUT2D eigenvalue weighted by Gasteiger charge is 2.21. The van der Waals surface area contributed by atoms with Gasteiger partial charge in [0.25, 0.3) is 0 Å². The van der Waals surface area contributed by atoms with Gasteiger partial charge >= 0.3 is 5.97 Å². The van der Waals surface area contributed by atoms with Crippen LogP contribution in [0.2, 0.25) is 5.02 Å². The zero-order valence-corrected chi connectivity index (χ0v) is 16.0. The predicted octanol–water partition coefficient (Wildman–Crippen LogP) is 3.39. The standard InChI is InChI=1S/C18H15ClN2O5S/c1-25-13-4-6-14(7-5-13)27(23,24)15(10-20)11-21-17-9-12(19)3-8-16(17)18(22)26-2/h3-9,11,21H,1-2H3. The molecule has 2 rings (SSSR count). The second-order valence-corrected chi connectivity index (χ2v) is 7.48. The third-order valence-corrected chi connectivity index (χ3v) is 5.43. The van der Waals surface area contributed by atoms with Crippen LogP contribution in [0.5, 0.6) is 5.75 Å². The molecule has 0 aliphatic rings. The van der Waals surface area contributed by atoms with E-state index in [0.717, 1.165) is 6.20 Å². The molecule has 0 atom stereocenters. The minimum atomic E-state index is -4.06. The normalized spacial score (nSPS) is 11.4. The molecule has 1 N–H and O–H groups in total. The molecule has 2 aromatic carbocycles. The summed E-state index contributed by atoms with van der Waals surface area (Å²) in [5, 5.41) is 12.3. The SMILES string of the molecule is COC(=O)c1ccc(Cl)cc1NC=C(C#N)S(=O)(=O)c1ccc(OC)cc1. The minimum absolute atomic E-state index is 0.0721. The highest BCUT2D eigenvalue weighted by molar-refractivity contribution is 7.95. The van der Waals surface area contributed by atoms with E-state index >= 15 is 0 Å². The molecule has 2 aromatic rings. The summed E-state index contributed by atoms with van der Waals surface area (Å²) in [6.45, 7) is 0. The molecule has 27 heavy (non-hydrogen) atoms. The number of halogens is 1. The number of nitrogens with zero attached hydrogens (tertiary/aromatic N) is 1. The summed E-state index contributed by atoms with van der Waals surface area (Å²) in [6.07, 6.45) is 0.998. The van der Waals surface area contributed by atoms with Crippen molar-refractivity contribution in [1.82, 2.24) is 0 Å². The van der Waals surface area contributed by atoms with Crippen LogP contribution in [0, 0.1) is 11.3 Å². The molecule has 0 bridgehead atoms. The molecule has 0 amide bonds. The van der Waals surface area contributed by atoms with Crippen molar-refractivity contribution in [2.75, 3.05) is 19.5 Å². The predicted molar refractivity (Wildman–Crippen MR) is 100 cm³/mol. The minimum Gasteiger partial charge on any atom is -0.497 e. The van der Waals surface area contributed by atoms with Gasteiger partial charge in [0, 0.05) is 11.2 Å². The molecule has 0 radical (unpaired) electrons. The van der Waals surface area contributed by atoms with Crippen LogP contribution >= 0.6 is 11.6 Å². The number of methoxy groups -OCH3 is 2. The molecule has 7 nitrogen and oxygen atoms in total. The van der Waals surface area contributed by atoms with Gasteiger partial charge in [-0.15, -0.1) is 0 Å². The first-order chi connectivity index (χ1) is 12.8. The van der Waals surface area contributed by atoms with E-state index in [2.05, 4.69) is 10.1 Å². The average Bonchev–Trinajstić information content (AvgIpc) is 2.67. The number of carbonyl (C=O) groups is 1. The number of allylic oxidation sites excluding steroid dienone is 1. The summed E-state index contributed by atoms with van der Waals surface area (Å²) in [5.41, 5.74) is 0.337. The topological polar surface area (TPSA) is 105 Å². The molecule has 0 saturated heterocycles. The Bertz CT molecular complexity index is 1020. The summed E-state index contributed by atoms with van der Waals surface area (Å²) >= 11 is 5.92. The van der Waals surface area contributed by atoms with E-state index in [9.17, 15) is 18.5 Å². The van der Waals surface area contributed by atoms with Crippen molar-refractivity contribution >= 4 is 33.1 Å². The molecule has 140 valence electrons. The lowest BCUT2D eigenvalue weighted by Gasteiger charge is -2.09. The Kier molecular flexibility index (Phi) is 6.45. The molecule has 0 unspecified atom stereocenters. The lowest BCUT2D eigenvalue weighted by atomic mass is 10.2. The molecule has 0 saturated carbocycles. The first-order valence-corrected chi connectivity index (χ1v) is 9.33. The summed E-state index contributed by atoms with van der Waals surface area (Å²) in [7, 11) is -1.39. The molecule has 0 heterocycles. The number of benzene rings is 2. The number of nitrogens with one attached hydrogen (secondary N) is 1. The number of carbonyl (C=O) groups excluding carboxylic acids is 1. The Morgan fingerprint density at radius 3 is 2.41 bits per heavy atom. The first kappa shape index (κ1) is 20.3. The Morgan fingerprint density at radius 2 is 1.85 bits per heavy atom. The summed E-state index contributed by atoms with van der Waals surface area (Å²) in [4.78, 5) is 11.2. The highest BCUT2D eigenvalue weighted by Crippen LogP contribution is 2.25. The number of hydrogen-bond donors (Lipinski definition) is 1. The smallest absolute Gasteiger partial charge is 0.339 e. The molecule has 0 spiro atoms. The van der Waals surface area contributed by atoms with Crippen LogP contribution in [-0.2, 0) is 14.6 Å². The third kappa shape index (κ3) is 4.58. The van der Waals surface area contributed by atoms with Crippen molar-refractivity contribution in [1.29, 1.82) is 5.26 Å². The molecule has 0 aromatic heterocycles. The number of hydrogen-bond acceptors (Lipinski definition) is 7. The highest BCUT2D eigenvalue weighted by atomic mass is 35.5. The van der Waals surface area contributed by atoms with Crippen LogP contribution in [-0.4, -0.2) is 28.6 Å². The molecule has 0 aliphatic carbocycles. The van der Waals surface area contributed by atoms with E-state index in [1.165, 1.54) is 56.7 Å². The second kappa shape index (κ2) is 8.58. The number of ether oxygens (including phenoxy) is 2. The first-order valence-electron chi connectivity index (χ1n) is 7.47. The summed E-state index contributed by atoms with van der Waals surface area (Å²) in [6, 6.07) is 11.6. The maximum absolute atomic E-state index is 12.6.